The summed E-state index contributed by atoms with van der Waals surface area (Å²) in [4.78, 5) is 35.5. The lowest BCUT2D eigenvalue weighted by molar-refractivity contribution is -0.176. The monoisotopic (exact) mass is 531 g/mol. The molecule has 1 amide bonds. The van der Waals surface area contributed by atoms with Gasteiger partial charge in [-0.1, -0.05) is 0 Å². The van der Waals surface area contributed by atoms with Crippen LogP contribution in [-0.4, -0.2) is 81.9 Å². The molecule has 1 unspecified atom stereocenters. The van der Waals surface area contributed by atoms with Crippen LogP contribution < -0.4 is 10.5 Å². The number of halogens is 3. The van der Waals surface area contributed by atoms with Crippen LogP contribution in [0.4, 0.5) is 19.0 Å². The van der Waals surface area contributed by atoms with Gasteiger partial charge < -0.3 is 14.5 Å². The van der Waals surface area contributed by atoms with E-state index in [9.17, 15) is 22.8 Å². The molecule has 13 heteroatoms. The third-order valence-corrected chi connectivity index (χ3v) is 7.34. The van der Waals surface area contributed by atoms with Crippen LogP contribution >= 0.6 is 0 Å². The van der Waals surface area contributed by atoms with Crippen molar-refractivity contribution < 1.29 is 22.7 Å². The van der Waals surface area contributed by atoms with Crippen LogP contribution in [0.5, 0.6) is 0 Å². The number of nitrogens with zero attached hydrogens (tertiary/aromatic N) is 6. The summed E-state index contributed by atoms with van der Waals surface area (Å²) < 4.78 is 46.9. The smallest absolute Gasteiger partial charge is 0.360 e. The number of amides is 1. The molecule has 10 nitrogen and oxygen atoms in total. The van der Waals surface area contributed by atoms with Gasteiger partial charge in [0.15, 0.2) is 0 Å². The highest BCUT2D eigenvalue weighted by Gasteiger charge is 2.46. The van der Waals surface area contributed by atoms with E-state index in [1.807, 2.05) is 34.8 Å². The van der Waals surface area contributed by atoms with Crippen LogP contribution in [0.1, 0.15) is 48.7 Å². The van der Waals surface area contributed by atoms with Gasteiger partial charge in [-0.25, -0.2) is 10.1 Å². The number of carbonyl (C=O) groups is 1. The summed E-state index contributed by atoms with van der Waals surface area (Å²) >= 11 is 0. The van der Waals surface area contributed by atoms with Gasteiger partial charge in [-0.05, 0) is 44.4 Å². The Kier molecular flexibility index (Phi) is 6.65. The molecular weight excluding hydrogens is 503 g/mol. The number of nitriles is 1. The molecule has 1 N–H and O–H groups in total. The number of piperazine rings is 1. The predicted octanol–water partition coefficient (Wildman–Crippen LogP) is 1.87. The number of anilines is 1. The molecule has 38 heavy (non-hydrogen) atoms. The summed E-state index contributed by atoms with van der Waals surface area (Å²) in [5.74, 6) is 0.569. The zero-order chi connectivity index (χ0) is 27.2. The topological polar surface area (TPSA) is 118 Å². The van der Waals surface area contributed by atoms with Gasteiger partial charge in [0.2, 0.25) is 0 Å². The maximum absolute atomic E-state index is 13.6. The van der Waals surface area contributed by atoms with Crippen LogP contribution in [0.25, 0.3) is 0 Å². The van der Waals surface area contributed by atoms with Crippen molar-refractivity contribution in [1.29, 1.82) is 5.26 Å². The van der Waals surface area contributed by atoms with Crippen molar-refractivity contribution in [1.82, 2.24) is 25.0 Å². The maximum atomic E-state index is 13.6. The highest BCUT2D eigenvalue weighted by molar-refractivity contribution is 5.81. The summed E-state index contributed by atoms with van der Waals surface area (Å²) in [5.41, 5.74) is -2.51. The fraction of sp³-hybridized carbons (Fsp3) is 0.560. The number of rotatable bonds is 3. The van der Waals surface area contributed by atoms with E-state index in [-0.39, 0.29) is 30.1 Å². The van der Waals surface area contributed by atoms with Crippen LogP contribution in [0.15, 0.2) is 23.1 Å². The van der Waals surface area contributed by atoms with Crippen LogP contribution in [-0.2, 0) is 22.1 Å². The van der Waals surface area contributed by atoms with Gasteiger partial charge in [0.05, 0.1) is 22.9 Å². The first-order valence-corrected chi connectivity index (χ1v) is 12.5. The minimum absolute atomic E-state index is 0.0639. The normalized spacial score (nSPS) is 23.7. The number of aromatic nitrogens is 3. The van der Waals surface area contributed by atoms with E-state index in [2.05, 4.69) is 10.1 Å². The van der Waals surface area contributed by atoms with Gasteiger partial charge in [-0.15, -0.1) is 0 Å². The van der Waals surface area contributed by atoms with Crippen LogP contribution in [0.2, 0.25) is 0 Å². The molecule has 5 rings (SSSR count). The Balaban J connectivity index is 1.29. The average Bonchev–Trinajstić information content (AvgIpc) is 3.30. The fourth-order valence-electron chi connectivity index (χ4n) is 5.69. The Morgan fingerprint density at radius 1 is 1.24 bits per heavy atom. The third kappa shape index (κ3) is 4.98. The number of alkyl halides is 3. The molecule has 2 fully saturated rings. The first kappa shape index (κ1) is 26.1. The number of ether oxygens (including phenoxy) is 1. The van der Waals surface area contributed by atoms with Gasteiger partial charge in [0.25, 0.3) is 11.5 Å². The molecule has 2 aromatic rings. The third-order valence-electron chi connectivity index (χ3n) is 7.34. The number of H-pyrrole nitrogens is 1. The van der Waals surface area contributed by atoms with Crippen molar-refractivity contribution >= 4 is 11.7 Å². The van der Waals surface area contributed by atoms with Crippen molar-refractivity contribution in [2.75, 3.05) is 44.2 Å². The number of hydrogen-bond acceptors (Lipinski definition) is 8. The number of morpholine rings is 1. The molecule has 2 atom stereocenters. The van der Waals surface area contributed by atoms with Gasteiger partial charge in [-0.3, -0.25) is 14.5 Å². The Morgan fingerprint density at radius 2 is 1.97 bits per heavy atom. The van der Waals surface area contributed by atoms with E-state index in [1.54, 1.807) is 17.0 Å². The van der Waals surface area contributed by atoms with Crippen LogP contribution in [0, 0.1) is 11.3 Å². The number of fused-ring (bicyclic) bond motifs is 1. The Hall–Kier alpha value is -3.50. The lowest BCUT2D eigenvalue weighted by Gasteiger charge is -2.46. The van der Waals surface area contributed by atoms with Crippen molar-refractivity contribution in [3.05, 3.63) is 51.1 Å². The molecule has 2 aromatic heterocycles. The van der Waals surface area contributed by atoms with Gasteiger partial charge >= 0.3 is 6.18 Å². The number of carbonyl (C=O) groups excluding carboxylic acids is 1. The lowest BCUT2D eigenvalue weighted by Crippen LogP contribution is -2.60. The molecule has 0 spiro atoms. The summed E-state index contributed by atoms with van der Waals surface area (Å²) in [6.07, 6.45) is -3.58. The molecule has 3 aliphatic rings. The molecule has 0 saturated carbocycles. The number of pyridine rings is 1. The van der Waals surface area contributed by atoms with E-state index in [4.69, 9.17) is 10.00 Å². The number of hydrogen-bond donors (Lipinski definition) is 1. The molecule has 0 radical (unpaired) electrons. The zero-order valence-corrected chi connectivity index (χ0v) is 21.1. The molecule has 1 aliphatic carbocycles. The molecule has 4 heterocycles. The first-order chi connectivity index (χ1) is 18.0. The van der Waals surface area contributed by atoms with Crippen LogP contribution in [0.3, 0.4) is 0 Å². The van der Waals surface area contributed by atoms with Crippen molar-refractivity contribution in [2.45, 2.75) is 50.6 Å². The summed E-state index contributed by atoms with van der Waals surface area (Å²) in [7, 11) is 0. The number of nitrogens with one attached hydrogen (secondary N) is 1. The maximum Gasteiger partial charge on any atom is 0.422 e. The standard InChI is InChI=1S/C25H28F3N7O3/c1-24(2)14-35(17-5-4-16-20(25(26,27)28)22(36)32-31-21(16)17)13-18(38-24)23(37)34-9-7-33(8-10-34)19-6-3-15(11-29)12-30-19/h3,6,12,17-18H,4-5,7-10,13-14H2,1-2H3,(H,32,36)/t17?,18-/m1/s1. The lowest BCUT2D eigenvalue weighted by atomic mass is 10.0. The van der Waals surface area contributed by atoms with Crippen molar-refractivity contribution in [3.8, 4) is 6.07 Å². The van der Waals surface area contributed by atoms with Crippen molar-refractivity contribution in [3.63, 3.8) is 0 Å². The number of aromatic amines is 1. The van der Waals surface area contributed by atoms with Gasteiger partial charge in [0.1, 0.15) is 23.6 Å². The van der Waals surface area contributed by atoms with E-state index in [0.717, 1.165) is 5.82 Å². The highest BCUT2D eigenvalue weighted by Crippen LogP contribution is 2.41. The molecule has 0 aromatic carbocycles. The summed E-state index contributed by atoms with van der Waals surface area (Å²) in [6, 6.07) is 5.07. The predicted molar refractivity (Wildman–Crippen MR) is 129 cm³/mol. The first-order valence-electron chi connectivity index (χ1n) is 12.5. The SMILES string of the molecule is CC1(C)CN(C2CCc3c2n[nH]c(=O)c3C(F)(F)F)C[C@H](C(=O)N2CCN(c3ccc(C#N)cn3)CC2)O1. The van der Waals surface area contributed by atoms with E-state index in [1.165, 1.54) is 6.20 Å². The molecule has 202 valence electrons. The molecule has 2 aliphatic heterocycles. The molecule has 0 bridgehead atoms. The van der Waals surface area contributed by atoms with Crippen molar-refractivity contribution in [2.24, 2.45) is 0 Å². The molecule has 2 saturated heterocycles. The minimum atomic E-state index is -4.77. The Morgan fingerprint density at radius 3 is 2.61 bits per heavy atom. The Labute approximate surface area is 217 Å². The highest BCUT2D eigenvalue weighted by atomic mass is 19.4. The second-order valence-corrected chi connectivity index (χ2v) is 10.5. The van der Waals surface area contributed by atoms with E-state index in [0.29, 0.717) is 44.7 Å². The van der Waals surface area contributed by atoms with Gasteiger partial charge in [-0.2, -0.15) is 23.5 Å². The fourth-order valence-corrected chi connectivity index (χ4v) is 5.69. The summed E-state index contributed by atoms with van der Waals surface area (Å²) in [5, 5.41) is 15.0. The largest absolute Gasteiger partial charge is 0.422 e. The quantitative estimate of drug-likeness (QED) is 0.638. The Bertz CT molecular complexity index is 1310. The molecular formula is C25H28F3N7O3. The summed E-state index contributed by atoms with van der Waals surface area (Å²) in [6.45, 7) is 6.38. The second-order valence-electron chi connectivity index (χ2n) is 10.5. The zero-order valence-electron chi connectivity index (χ0n) is 21.1. The van der Waals surface area contributed by atoms with E-state index >= 15 is 0 Å². The van der Waals surface area contributed by atoms with E-state index < -0.39 is 35.0 Å². The minimum Gasteiger partial charge on any atom is -0.360 e. The van der Waals surface area contributed by atoms with Gasteiger partial charge in [0, 0.05) is 45.5 Å². The second kappa shape index (κ2) is 9.67. The average molecular weight is 532 g/mol.